The van der Waals surface area contributed by atoms with Gasteiger partial charge in [-0.05, 0) is 17.0 Å². The van der Waals surface area contributed by atoms with E-state index < -0.39 is 5.97 Å². The number of carboxylic acid groups (broad SMARTS) is 1. The van der Waals surface area contributed by atoms with Gasteiger partial charge >= 0.3 is 5.97 Å². The number of aromatic nitrogens is 1. The van der Waals surface area contributed by atoms with Gasteiger partial charge in [-0.2, -0.15) is 0 Å². The molecule has 1 rings (SSSR count). The Hall–Kier alpha value is -1.09. The van der Waals surface area contributed by atoms with Gasteiger partial charge in [0.2, 0.25) is 0 Å². The molecule has 0 bridgehead atoms. The molecule has 0 radical (unpaired) electrons. The number of hydrogen-bond acceptors (Lipinski definition) is 2. The van der Waals surface area contributed by atoms with Crippen molar-refractivity contribution in [2.45, 2.75) is 26.2 Å². The molecule has 14 heavy (non-hydrogen) atoms. The van der Waals surface area contributed by atoms with E-state index in [1.54, 1.807) is 12.3 Å². The number of carbonyl (C=O) groups is 1. The predicted molar refractivity (Wildman–Crippen MR) is 57.1 cm³/mol. The lowest BCUT2D eigenvalue weighted by Crippen LogP contribution is -2.12. The van der Waals surface area contributed by atoms with Gasteiger partial charge in [-0.25, -0.2) is 9.78 Å². The molecule has 0 aromatic carbocycles. The third-order valence-corrected chi connectivity index (χ3v) is 1.85. The van der Waals surface area contributed by atoms with Crippen molar-refractivity contribution >= 4 is 18.4 Å². The van der Waals surface area contributed by atoms with Crippen LogP contribution in [0.25, 0.3) is 0 Å². The van der Waals surface area contributed by atoms with E-state index in [1.807, 2.05) is 0 Å². The molecule has 0 atom stereocenters. The minimum atomic E-state index is -0.986. The van der Waals surface area contributed by atoms with Gasteiger partial charge in [-0.1, -0.05) is 26.8 Å². The molecule has 4 heteroatoms. The van der Waals surface area contributed by atoms with Crippen LogP contribution in [0.4, 0.5) is 0 Å². The standard InChI is InChI=1S/C10H13NO2.ClH/c1-10(2,3)7-4-5-8(9(12)13)11-6-7;/h4-6H,1-3H3,(H,12,13);1H. The van der Waals surface area contributed by atoms with E-state index in [0.717, 1.165) is 5.56 Å². The molecule has 0 amide bonds. The third kappa shape index (κ3) is 3.00. The molecule has 1 aromatic rings. The van der Waals surface area contributed by atoms with Crippen LogP contribution in [0.15, 0.2) is 18.3 Å². The number of pyridine rings is 1. The summed E-state index contributed by atoms with van der Waals surface area (Å²) in [5.74, 6) is -0.986. The Morgan fingerprint density at radius 3 is 2.21 bits per heavy atom. The second kappa shape index (κ2) is 4.42. The summed E-state index contributed by atoms with van der Waals surface area (Å²) < 4.78 is 0. The smallest absolute Gasteiger partial charge is 0.354 e. The molecule has 0 aliphatic heterocycles. The molecular formula is C10H14ClNO2. The van der Waals surface area contributed by atoms with Crippen molar-refractivity contribution < 1.29 is 9.90 Å². The van der Waals surface area contributed by atoms with Crippen molar-refractivity contribution in [3.05, 3.63) is 29.6 Å². The molecule has 1 heterocycles. The van der Waals surface area contributed by atoms with Gasteiger partial charge in [-0.15, -0.1) is 12.4 Å². The third-order valence-electron chi connectivity index (χ3n) is 1.85. The first kappa shape index (κ1) is 12.9. The molecule has 0 aliphatic carbocycles. The highest BCUT2D eigenvalue weighted by atomic mass is 35.5. The number of aromatic carboxylic acids is 1. The van der Waals surface area contributed by atoms with Crippen LogP contribution >= 0.6 is 12.4 Å². The van der Waals surface area contributed by atoms with Crippen molar-refractivity contribution in [2.24, 2.45) is 0 Å². The van der Waals surface area contributed by atoms with Crippen LogP contribution in [-0.2, 0) is 5.41 Å². The van der Waals surface area contributed by atoms with E-state index in [0.29, 0.717) is 0 Å². The van der Waals surface area contributed by atoms with E-state index in [-0.39, 0.29) is 23.5 Å². The Bertz CT molecular complexity index is 314. The minimum absolute atomic E-state index is 0. The van der Waals surface area contributed by atoms with Crippen molar-refractivity contribution in [3.63, 3.8) is 0 Å². The monoisotopic (exact) mass is 215 g/mol. The molecular weight excluding hydrogens is 202 g/mol. The number of hydrogen-bond donors (Lipinski definition) is 1. The summed E-state index contributed by atoms with van der Waals surface area (Å²) in [6.07, 6.45) is 1.61. The summed E-state index contributed by atoms with van der Waals surface area (Å²) in [6, 6.07) is 3.33. The van der Waals surface area contributed by atoms with E-state index in [4.69, 9.17) is 5.11 Å². The first-order valence-corrected chi connectivity index (χ1v) is 4.11. The van der Waals surface area contributed by atoms with E-state index in [2.05, 4.69) is 25.8 Å². The SMILES string of the molecule is CC(C)(C)c1ccc(C(=O)O)nc1.Cl. The normalized spacial score (nSPS) is 10.5. The zero-order valence-electron chi connectivity index (χ0n) is 8.44. The van der Waals surface area contributed by atoms with Crippen LogP contribution in [-0.4, -0.2) is 16.1 Å². The van der Waals surface area contributed by atoms with Crippen molar-refractivity contribution in [1.29, 1.82) is 0 Å². The fourth-order valence-electron chi connectivity index (χ4n) is 0.964. The number of rotatable bonds is 1. The van der Waals surface area contributed by atoms with E-state index in [1.165, 1.54) is 6.07 Å². The minimum Gasteiger partial charge on any atom is -0.477 e. The Morgan fingerprint density at radius 2 is 1.93 bits per heavy atom. The Labute approximate surface area is 89.6 Å². The van der Waals surface area contributed by atoms with Gasteiger partial charge in [0.25, 0.3) is 0 Å². The first-order chi connectivity index (χ1) is 5.91. The van der Waals surface area contributed by atoms with Gasteiger partial charge in [0, 0.05) is 6.20 Å². The Kier molecular flexibility index (Phi) is 4.08. The average Bonchev–Trinajstić information content (AvgIpc) is 2.03. The van der Waals surface area contributed by atoms with Crippen LogP contribution in [0.1, 0.15) is 36.8 Å². The zero-order valence-corrected chi connectivity index (χ0v) is 9.26. The van der Waals surface area contributed by atoms with E-state index >= 15 is 0 Å². The summed E-state index contributed by atoms with van der Waals surface area (Å²) in [5, 5.41) is 8.62. The molecule has 0 spiro atoms. The van der Waals surface area contributed by atoms with Crippen molar-refractivity contribution in [1.82, 2.24) is 4.98 Å². The van der Waals surface area contributed by atoms with Gasteiger partial charge < -0.3 is 5.11 Å². The molecule has 1 N–H and O–H groups in total. The highest BCUT2D eigenvalue weighted by Crippen LogP contribution is 2.20. The lowest BCUT2D eigenvalue weighted by molar-refractivity contribution is 0.0690. The lowest BCUT2D eigenvalue weighted by Gasteiger charge is -2.17. The molecule has 0 saturated carbocycles. The predicted octanol–water partition coefficient (Wildman–Crippen LogP) is 2.50. The van der Waals surface area contributed by atoms with E-state index in [9.17, 15) is 4.79 Å². The maximum Gasteiger partial charge on any atom is 0.354 e. The molecule has 0 fully saturated rings. The molecule has 1 aromatic heterocycles. The maximum absolute atomic E-state index is 10.5. The molecule has 78 valence electrons. The van der Waals surface area contributed by atoms with Crippen molar-refractivity contribution in [3.8, 4) is 0 Å². The van der Waals surface area contributed by atoms with Crippen LogP contribution in [0.3, 0.4) is 0 Å². The van der Waals surface area contributed by atoms with Crippen molar-refractivity contribution in [2.75, 3.05) is 0 Å². The molecule has 0 aliphatic rings. The van der Waals surface area contributed by atoms with Gasteiger partial charge in [0.15, 0.2) is 0 Å². The number of carboxylic acids is 1. The first-order valence-electron chi connectivity index (χ1n) is 4.11. The van der Waals surface area contributed by atoms with Crippen LogP contribution in [0.5, 0.6) is 0 Å². The fourth-order valence-corrected chi connectivity index (χ4v) is 0.964. The topological polar surface area (TPSA) is 50.2 Å². The van der Waals surface area contributed by atoms with Gasteiger partial charge in [0.1, 0.15) is 5.69 Å². The Balaban J connectivity index is 0.00000169. The number of halogens is 1. The zero-order chi connectivity index (χ0) is 10.1. The number of nitrogens with zero attached hydrogens (tertiary/aromatic N) is 1. The van der Waals surface area contributed by atoms with Crippen LogP contribution < -0.4 is 0 Å². The summed E-state index contributed by atoms with van der Waals surface area (Å²) >= 11 is 0. The summed E-state index contributed by atoms with van der Waals surface area (Å²) in [6.45, 7) is 6.18. The second-order valence-electron chi connectivity index (χ2n) is 3.99. The quantitative estimate of drug-likeness (QED) is 0.783. The van der Waals surface area contributed by atoms with Gasteiger partial charge in [-0.3, -0.25) is 0 Å². The summed E-state index contributed by atoms with van der Waals surface area (Å²) in [4.78, 5) is 14.3. The average molecular weight is 216 g/mol. The molecule has 3 nitrogen and oxygen atoms in total. The molecule has 0 saturated heterocycles. The highest BCUT2D eigenvalue weighted by Gasteiger charge is 2.14. The maximum atomic E-state index is 10.5. The Morgan fingerprint density at radius 1 is 1.36 bits per heavy atom. The summed E-state index contributed by atoms with van der Waals surface area (Å²) in [7, 11) is 0. The molecule has 0 unspecified atom stereocenters. The fraction of sp³-hybridized carbons (Fsp3) is 0.400. The van der Waals surface area contributed by atoms with Crippen LogP contribution in [0.2, 0.25) is 0 Å². The van der Waals surface area contributed by atoms with Gasteiger partial charge in [0.05, 0.1) is 0 Å². The largest absolute Gasteiger partial charge is 0.477 e. The second-order valence-corrected chi connectivity index (χ2v) is 3.99. The highest BCUT2D eigenvalue weighted by molar-refractivity contribution is 5.85. The lowest BCUT2D eigenvalue weighted by atomic mass is 9.88. The van der Waals surface area contributed by atoms with Crippen LogP contribution in [0, 0.1) is 0 Å². The summed E-state index contributed by atoms with van der Waals surface area (Å²) in [5.41, 5.74) is 1.15.